The van der Waals surface area contributed by atoms with Crippen LogP contribution in [-0.4, -0.2) is 10.2 Å². The number of phenols is 2. The highest BCUT2D eigenvalue weighted by molar-refractivity contribution is 5.38. The second kappa shape index (κ2) is 4.77. The molecule has 1 atom stereocenters. The summed E-state index contributed by atoms with van der Waals surface area (Å²) in [5.41, 5.74) is 1.27. The molecule has 0 aliphatic carbocycles. The van der Waals surface area contributed by atoms with Gasteiger partial charge in [0.05, 0.1) is 0 Å². The molecule has 0 fully saturated rings. The lowest BCUT2D eigenvalue weighted by Crippen LogP contribution is -2.11. The fourth-order valence-corrected chi connectivity index (χ4v) is 2.09. The topological polar surface area (TPSA) is 40.5 Å². The maximum absolute atomic E-state index is 9.48. The molecule has 1 rings (SSSR count). The average Bonchev–Trinajstić information content (AvgIpc) is 2.11. The first kappa shape index (κ1) is 12.9. The van der Waals surface area contributed by atoms with Crippen LogP contribution in [0, 0.1) is 5.41 Å². The lowest BCUT2D eigenvalue weighted by molar-refractivity contribution is 0.334. The maximum atomic E-state index is 9.48. The summed E-state index contributed by atoms with van der Waals surface area (Å²) in [7, 11) is 0. The summed E-state index contributed by atoms with van der Waals surface area (Å²) in [6.07, 6.45) is 2.06. The van der Waals surface area contributed by atoms with Crippen molar-refractivity contribution in [2.75, 3.05) is 0 Å². The zero-order valence-corrected chi connectivity index (χ0v) is 10.6. The van der Waals surface area contributed by atoms with Crippen LogP contribution in [-0.2, 0) is 0 Å². The molecule has 0 aliphatic rings. The SMILES string of the molecule is CCC(CC(C)(C)C)c1cc(O)cc(O)c1. The van der Waals surface area contributed by atoms with Gasteiger partial charge in [-0.1, -0.05) is 27.7 Å². The summed E-state index contributed by atoms with van der Waals surface area (Å²) in [6, 6.07) is 4.87. The Kier molecular flexibility index (Phi) is 3.84. The maximum Gasteiger partial charge on any atom is 0.119 e. The zero-order chi connectivity index (χ0) is 12.3. The van der Waals surface area contributed by atoms with Crippen LogP contribution >= 0.6 is 0 Å². The van der Waals surface area contributed by atoms with Gasteiger partial charge in [0.1, 0.15) is 11.5 Å². The standard InChI is InChI=1S/C14H22O2/c1-5-10(9-14(2,3)4)11-6-12(15)8-13(16)7-11/h6-8,10,15-16H,5,9H2,1-4H3. The van der Waals surface area contributed by atoms with Crippen LogP contribution in [0.3, 0.4) is 0 Å². The predicted octanol–water partition coefficient (Wildman–Crippen LogP) is 4.03. The normalized spacial score (nSPS) is 13.8. The third kappa shape index (κ3) is 3.76. The number of benzene rings is 1. The Morgan fingerprint density at radius 3 is 1.94 bits per heavy atom. The number of aromatic hydroxyl groups is 2. The lowest BCUT2D eigenvalue weighted by Gasteiger charge is -2.25. The lowest BCUT2D eigenvalue weighted by atomic mass is 9.80. The van der Waals surface area contributed by atoms with Crippen LogP contribution in [0.5, 0.6) is 11.5 Å². The molecule has 90 valence electrons. The van der Waals surface area contributed by atoms with Crippen molar-refractivity contribution in [3.05, 3.63) is 23.8 Å². The minimum absolute atomic E-state index is 0.141. The number of hydrogen-bond acceptors (Lipinski definition) is 2. The molecule has 0 amide bonds. The predicted molar refractivity (Wildman–Crippen MR) is 66.9 cm³/mol. The Hall–Kier alpha value is -1.18. The Bertz CT molecular complexity index is 330. The Morgan fingerprint density at radius 1 is 1.06 bits per heavy atom. The van der Waals surface area contributed by atoms with E-state index in [9.17, 15) is 10.2 Å². The van der Waals surface area contributed by atoms with Crippen molar-refractivity contribution in [1.82, 2.24) is 0 Å². The first-order valence-corrected chi connectivity index (χ1v) is 5.85. The van der Waals surface area contributed by atoms with Crippen molar-refractivity contribution in [3.8, 4) is 11.5 Å². The van der Waals surface area contributed by atoms with Crippen LogP contribution in [0.15, 0.2) is 18.2 Å². The first-order valence-electron chi connectivity index (χ1n) is 5.85. The number of phenolic OH excluding ortho intramolecular Hbond substituents is 2. The third-order valence-electron chi connectivity index (χ3n) is 2.75. The molecular formula is C14H22O2. The van der Waals surface area contributed by atoms with Crippen LogP contribution < -0.4 is 0 Å². The van der Waals surface area contributed by atoms with Crippen LogP contribution in [0.1, 0.15) is 52.0 Å². The third-order valence-corrected chi connectivity index (χ3v) is 2.75. The molecule has 1 aromatic rings. The van der Waals surface area contributed by atoms with E-state index in [2.05, 4.69) is 27.7 Å². The van der Waals surface area contributed by atoms with Gasteiger partial charge in [0.2, 0.25) is 0 Å². The van der Waals surface area contributed by atoms with Crippen molar-refractivity contribution in [2.45, 2.75) is 46.5 Å². The molecule has 0 saturated heterocycles. The summed E-state index contributed by atoms with van der Waals surface area (Å²) >= 11 is 0. The summed E-state index contributed by atoms with van der Waals surface area (Å²) in [5.74, 6) is 0.669. The monoisotopic (exact) mass is 222 g/mol. The molecule has 0 spiro atoms. The molecule has 0 bridgehead atoms. The number of rotatable bonds is 3. The number of hydrogen-bond donors (Lipinski definition) is 2. The van der Waals surface area contributed by atoms with Gasteiger partial charge < -0.3 is 10.2 Å². The molecule has 16 heavy (non-hydrogen) atoms. The molecule has 2 N–H and O–H groups in total. The van der Waals surface area contributed by atoms with Gasteiger partial charge in [-0.2, -0.15) is 0 Å². The minimum Gasteiger partial charge on any atom is -0.508 e. The molecule has 0 aliphatic heterocycles. The van der Waals surface area contributed by atoms with Gasteiger partial charge in [-0.15, -0.1) is 0 Å². The van der Waals surface area contributed by atoms with Crippen LogP contribution in [0.2, 0.25) is 0 Å². The van der Waals surface area contributed by atoms with Crippen LogP contribution in [0.25, 0.3) is 0 Å². The van der Waals surface area contributed by atoms with Gasteiger partial charge in [0, 0.05) is 6.07 Å². The van der Waals surface area contributed by atoms with Crippen molar-refractivity contribution < 1.29 is 10.2 Å². The molecule has 0 heterocycles. The highest BCUT2D eigenvalue weighted by atomic mass is 16.3. The van der Waals surface area contributed by atoms with E-state index in [4.69, 9.17) is 0 Å². The van der Waals surface area contributed by atoms with Gasteiger partial charge in [0.15, 0.2) is 0 Å². The average molecular weight is 222 g/mol. The highest BCUT2D eigenvalue weighted by Gasteiger charge is 2.19. The fraction of sp³-hybridized carbons (Fsp3) is 0.571. The molecule has 0 aromatic heterocycles. The smallest absolute Gasteiger partial charge is 0.119 e. The molecule has 0 radical (unpaired) electrons. The Balaban J connectivity index is 2.95. The first-order chi connectivity index (χ1) is 7.31. The summed E-state index contributed by atoms with van der Waals surface area (Å²) < 4.78 is 0. The Labute approximate surface area is 97.9 Å². The van der Waals surface area contributed by atoms with E-state index >= 15 is 0 Å². The van der Waals surface area contributed by atoms with Gasteiger partial charge in [-0.25, -0.2) is 0 Å². The molecule has 0 saturated carbocycles. The Morgan fingerprint density at radius 2 is 1.56 bits per heavy atom. The molecule has 1 aromatic carbocycles. The summed E-state index contributed by atoms with van der Waals surface area (Å²) in [6.45, 7) is 8.76. The van der Waals surface area contributed by atoms with Gasteiger partial charge >= 0.3 is 0 Å². The van der Waals surface area contributed by atoms with Crippen molar-refractivity contribution in [1.29, 1.82) is 0 Å². The van der Waals surface area contributed by atoms with E-state index in [1.54, 1.807) is 12.1 Å². The highest BCUT2D eigenvalue weighted by Crippen LogP contribution is 2.36. The molecular weight excluding hydrogens is 200 g/mol. The quantitative estimate of drug-likeness (QED) is 0.810. The van der Waals surface area contributed by atoms with Crippen LogP contribution in [0.4, 0.5) is 0 Å². The zero-order valence-electron chi connectivity index (χ0n) is 10.6. The minimum atomic E-state index is 0.141. The largest absolute Gasteiger partial charge is 0.508 e. The van der Waals surface area contributed by atoms with Gasteiger partial charge in [0.25, 0.3) is 0 Å². The van der Waals surface area contributed by atoms with E-state index in [0.29, 0.717) is 5.92 Å². The van der Waals surface area contributed by atoms with Crippen molar-refractivity contribution in [3.63, 3.8) is 0 Å². The van der Waals surface area contributed by atoms with Gasteiger partial charge in [-0.3, -0.25) is 0 Å². The summed E-state index contributed by atoms with van der Waals surface area (Å²) in [5, 5.41) is 19.0. The van der Waals surface area contributed by atoms with E-state index < -0.39 is 0 Å². The van der Waals surface area contributed by atoms with Crippen molar-refractivity contribution in [2.24, 2.45) is 5.41 Å². The molecule has 2 nitrogen and oxygen atoms in total. The van der Waals surface area contributed by atoms with E-state index in [1.165, 1.54) is 6.07 Å². The van der Waals surface area contributed by atoms with E-state index in [-0.39, 0.29) is 16.9 Å². The van der Waals surface area contributed by atoms with Gasteiger partial charge in [-0.05, 0) is 41.9 Å². The summed E-state index contributed by atoms with van der Waals surface area (Å²) in [4.78, 5) is 0. The molecule has 2 heteroatoms. The second-order valence-corrected chi connectivity index (χ2v) is 5.65. The van der Waals surface area contributed by atoms with E-state index in [1.807, 2.05) is 0 Å². The van der Waals surface area contributed by atoms with Crippen molar-refractivity contribution >= 4 is 0 Å². The second-order valence-electron chi connectivity index (χ2n) is 5.65. The van der Waals surface area contributed by atoms with E-state index in [0.717, 1.165) is 18.4 Å². The fourth-order valence-electron chi connectivity index (χ4n) is 2.09. The molecule has 1 unspecified atom stereocenters.